The van der Waals surface area contributed by atoms with Crippen LogP contribution in [0.1, 0.15) is 52.7 Å². The maximum Gasteiger partial charge on any atom is 0.461 e. The van der Waals surface area contributed by atoms with Crippen molar-refractivity contribution in [2.24, 2.45) is 0 Å². The molecule has 0 bridgehead atoms. The van der Waals surface area contributed by atoms with Crippen LogP contribution in [0.5, 0.6) is 11.5 Å². The molecule has 1 heterocycles. The molecule has 39 heavy (non-hydrogen) atoms. The molecule has 0 saturated carbocycles. The third kappa shape index (κ3) is 7.15. The van der Waals surface area contributed by atoms with Gasteiger partial charge in [0.1, 0.15) is 11.6 Å². The lowest BCUT2D eigenvalue weighted by molar-refractivity contribution is -0.253. The highest BCUT2D eigenvalue weighted by Crippen LogP contribution is 2.35. The molecule has 0 aliphatic rings. The molecule has 6 nitrogen and oxygen atoms in total. The Bertz CT molecular complexity index is 1330. The second-order valence-corrected chi connectivity index (χ2v) is 8.04. The largest absolute Gasteiger partial charge is 0.491 e. The van der Waals surface area contributed by atoms with Crippen LogP contribution in [0.4, 0.5) is 39.5 Å². The van der Waals surface area contributed by atoms with Crippen molar-refractivity contribution >= 4 is 5.91 Å². The Balaban J connectivity index is 2.12. The van der Waals surface area contributed by atoms with Crippen LogP contribution in [0.15, 0.2) is 40.8 Å². The van der Waals surface area contributed by atoms with Crippen molar-refractivity contribution in [1.82, 2.24) is 10.3 Å². The average molecular weight is 570 g/mol. The Kier molecular flexibility index (Phi) is 8.70. The van der Waals surface area contributed by atoms with Gasteiger partial charge in [-0.15, -0.1) is 0 Å². The van der Waals surface area contributed by atoms with Gasteiger partial charge in [-0.05, 0) is 41.8 Å². The second kappa shape index (κ2) is 11.5. The van der Waals surface area contributed by atoms with Gasteiger partial charge in [-0.3, -0.25) is 4.79 Å². The van der Waals surface area contributed by atoms with Gasteiger partial charge in [0.05, 0.1) is 12.6 Å². The smallest absolute Gasteiger partial charge is 0.461 e. The Morgan fingerprint density at radius 1 is 1.05 bits per heavy atom. The maximum absolute atomic E-state index is 14.4. The summed E-state index contributed by atoms with van der Waals surface area (Å²) in [6, 6.07) is 2.97. The number of aromatic nitrogens is 1. The van der Waals surface area contributed by atoms with Crippen LogP contribution in [0.3, 0.4) is 0 Å². The maximum atomic E-state index is 14.4. The molecule has 15 heteroatoms. The Morgan fingerprint density at radius 2 is 1.74 bits per heavy atom. The van der Waals surface area contributed by atoms with Crippen molar-refractivity contribution in [3.8, 4) is 11.5 Å². The second-order valence-electron chi connectivity index (χ2n) is 8.04. The molecule has 1 atom stereocenters. The molecule has 0 spiro atoms. The van der Waals surface area contributed by atoms with E-state index in [1.54, 1.807) is 6.92 Å². The van der Waals surface area contributed by atoms with Gasteiger partial charge >= 0.3 is 18.7 Å². The number of benzene rings is 2. The number of nitrogens with one attached hydrogen (secondary N) is 1. The molecule has 0 aliphatic heterocycles. The lowest BCUT2D eigenvalue weighted by atomic mass is 9.97. The number of hydrogen-bond acceptors (Lipinski definition) is 5. The fraction of sp³-hybridized carbons (Fsp3) is 0.333. The number of oxazole rings is 1. The van der Waals surface area contributed by atoms with Gasteiger partial charge < -0.3 is 19.2 Å². The Morgan fingerprint density at radius 3 is 2.36 bits per heavy atom. The van der Waals surface area contributed by atoms with Gasteiger partial charge in [0.15, 0.2) is 23.2 Å². The Hall–Kier alpha value is -3.91. The predicted octanol–water partition coefficient (Wildman–Crippen LogP) is 6.82. The van der Waals surface area contributed by atoms with Crippen LogP contribution in [0.2, 0.25) is 0 Å². The van der Waals surface area contributed by atoms with Crippen molar-refractivity contribution < 1.29 is 58.2 Å². The summed E-state index contributed by atoms with van der Waals surface area (Å²) in [6.07, 6.45) is -14.0. The summed E-state index contributed by atoms with van der Waals surface area (Å²) < 4.78 is 135. The fourth-order valence-corrected chi connectivity index (χ4v) is 3.37. The van der Waals surface area contributed by atoms with Crippen LogP contribution >= 0.6 is 0 Å². The average Bonchev–Trinajstić information content (AvgIpc) is 3.24. The monoisotopic (exact) mass is 570 g/mol. The van der Waals surface area contributed by atoms with E-state index in [1.165, 1.54) is 0 Å². The number of nitrogens with zero attached hydrogens (tertiary/aromatic N) is 1. The van der Waals surface area contributed by atoms with Crippen molar-refractivity contribution in [1.29, 1.82) is 0 Å². The third-order valence-electron chi connectivity index (χ3n) is 4.97. The highest BCUT2D eigenvalue weighted by atomic mass is 19.4. The van der Waals surface area contributed by atoms with Crippen LogP contribution in [-0.4, -0.2) is 30.0 Å². The zero-order chi connectivity index (χ0) is 29.1. The molecular formula is C24H19F9N2O4. The van der Waals surface area contributed by atoms with Crippen LogP contribution < -0.4 is 14.8 Å². The molecule has 1 aromatic heterocycles. The number of alkyl halides is 7. The summed E-state index contributed by atoms with van der Waals surface area (Å²) in [5, 5.41) is 2.14. The van der Waals surface area contributed by atoms with Crippen molar-refractivity contribution in [2.45, 2.75) is 45.0 Å². The zero-order valence-corrected chi connectivity index (χ0v) is 20.0. The van der Waals surface area contributed by atoms with Crippen LogP contribution in [-0.2, 0) is 6.18 Å². The molecule has 0 unspecified atom stereocenters. The van der Waals surface area contributed by atoms with E-state index in [9.17, 15) is 44.3 Å². The number of aryl methyl sites for hydroxylation is 1. The van der Waals surface area contributed by atoms with E-state index in [-0.39, 0.29) is 17.9 Å². The third-order valence-corrected chi connectivity index (χ3v) is 4.97. The first-order chi connectivity index (χ1) is 18.1. The zero-order valence-electron chi connectivity index (χ0n) is 20.0. The summed E-state index contributed by atoms with van der Waals surface area (Å²) >= 11 is 0. The molecule has 0 aliphatic carbocycles. The van der Waals surface area contributed by atoms with E-state index in [2.05, 4.69) is 19.5 Å². The lowest BCUT2D eigenvalue weighted by Crippen LogP contribution is -2.34. The molecule has 212 valence electrons. The van der Waals surface area contributed by atoms with Crippen molar-refractivity contribution in [2.75, 3.05) is 6.61 Å². The minimum atomic E-state index is -5.14. The lowest BCUT2D eigenvalue weighted by Gasteiger charge is -2.22. The number of amides is 1. The minimum Gasteiger partial charge on any atom is -0.491 e. The molecule has 1 N–H and O–H groups in total. The standard InChI is InChI=1S/C24H19F9N2O4/c1-3-6-37-17-9-12(4-5-16(17)26)18(35-21(36)19-20(23(29,30)31)38-11(2)34-19)13-7-14(25)10-15(8-13)39-24(32,33)22(27)28/h4-5,7-10,18,22H,3,6H2,1-2H3,(H,35,36)/t18-/m1/s1. The van der Waals surface area contributed by atoms with E-state index >= 15 is 0 Å². The molecule has 0 saturated heterocycles. The number of hydrogen-bond donors (Lipinski definition) is 1. The Labute approximate surface area is 214 Å². The summed E-state index contributed by atoms with van der Waals surface area (Å²) in [5.41, 5.74) is -1.75. The quantitative estimate of drug-likeness (QED) is 0.271. The summed E-state index contributed by atoms with van der Waals surface area (Å²) in [5.74, 6) is -7.34. The number of carbonyl (C=O) groups excluding carboxylic acids is 1. The first-order valence-corrected chi connectivity index (χ1v) is 11.1. The van der Waals surface area contributed by atoms with Gasteiger partial charge in [-0.25, -0.2) is 13.8 Å². The normalized spacial score (nSPS) is 12.9. The molecule has 1 amide bonds. The van der Waals surface area contributed by atoms with E-state index in [0.29, 0.717) is 24.6 Å². The summed E-state index contributed by atoms with van der Waals surface area (Å²) in [4.78, 5) is 16.3. The van der Waals surface area contributed by atoms with Crippen molar-refractivity contribution in [3.63, 3.8) is 0 Å². The molecule has 3 aromatic rings. The number of halogens is 9. The first-order valence-electron chi connectivity index (χ1n) is 11.1. The van der Waals surface area contributed by atoms with Crippen molar-refractivity contribution in [3.05, 3.63) is 76.5 Å². The van der Waals surface area contributed by atoms with E-state index < -0.39 is 71.0 Å². The summed E-state index contributed by atoms with van der Waals surface area (Å²) in [7, 11) is 0. The first kappa shape index (κ1) is 29.6. The number of ether oxygens (including phenoxy) is 2. The predicted molar refractivity (Wildman–Crippen MR) is 116 cm³/mol. The van der Waals surface area contributed by atoms with Crippen LogP contribution in [0, 0.1) is 18.6 Å². The topological polar surface area (TPSA) is 73.6 Å². The van der Waals surface area contributed by atoms with E-state index in [0.717, 1.165) is 25.1 Å². The summed E-state index contributed by atoms with van der Waals surface area (Å²) in [6.45, 7) is 2.80. The van der Waals surface area contributed by atoms with E-state index in [4.69, 9.17) is 4.74 Å². The minimum absolute atomic E-state index is 0.0468. The highest BCUT2D eigenvalue weighted by molar-refractivity contribution is 5.94. The molecule has 3 rings (SSSR count). The highest BCUT2D eigenvalue weighted by Gasteiger charge is 2.44. The molecule has 0 fully saturated rings. The molecule has 0 radical (unpaired) electrons. The van der Waals surface area contributed by atoms with Gasteiger partial charge in [0, 0.05) is 13.0 Å². The SMILES string of the molecule is CCCOc1cc([C@@H](NC(=O)c2nc(C)oc2C(F)(F)F)c2cc(F)cc(OC(F)(F)C(F)F)c2)ccc1F. The van der Waals surface area contributed by atoms with Gasteiger partial charge in [0.2, 0.25) is 5.76 Å². The van der Waals surface area contributed by atoms with Crippen LogP contribution in [0.25, 0.3) is 0 Å². The molecule has 2 aromatic carbocycles. The van der Waals surface area contributed by atoms with Gasteiger partial charge in [-0.2, -0.15) is 30.7 Å². The fourth-order valence-electron chi connectivity index (χ4n) is 3.37. The molecular weight excluding hydrogens is 551 g/mol. The van der Waals surface area contributed by atoms with Gasteiger partial charge in [0.25, 0.3) is 5.91 Å². The number of carbonyl (C=O) groups is 1. The van der Waals surface area contributed by atoms with Gasteiger partial charge in [-0.1, -0.05) is 13.0 Å². The number of rotatable bonds is 10. The van der Waals surface area contributed by atoms with E-state index in [1.807, 2.05) is 0 Å².